The Hall–Kier alpha value is -1.12. The highest BCUT2D eigenvalue weighted by Crippen LogP contribution is 2.35. The third-order valence-electron chi connectivity index (χ3n) is 2.02. The van der Waals surface area contributed by atoms with Gasteiger partial charge in [0.1, 0.15) is 0 Å². The van der Waals surface area contributed by atoms with Gasteiger partial charge in [-0.15, -0.1) is 11.8 Å². The highest BCUT2D eigenvalue weighted by molar-refractivity contribution is 8.00. The summed E-state index contributed by atoms with van der Waals surface area (Å²) in [6.07, 6.45) is 0. The molecule has 0 unspecified atom stereocenters. The minimum Gasteiger partial charge on any atom is -0.145 e. The minimum absolute atomic E-state index is 0.00451. The first kappa shape index (κ1) is 11.0. The number of nitrogens with zero attached hydrogens (tertiary/aromatic N) is 3. The van der Waals surface area contributed by atoms with Crippen LogP contribution >= 0.6 is 11.8 Å². The first-order valence-corrected chi connectivity index (χ1v) is 5.36. The van der Waals surface area contributed by atoms with Crippen molar-refractivity contribution in [1.29, 1.82) is 0 Å². The van der Waals surface area contributed by atoms with Crippen molar-refractivity contribution in [3.05, 3.63) is 46.3 Å². The number of rotatable bonds is 4. The predicted molar refractivity (Wildman–Crippen MR) is 61.1 cm³/mol. The van der Waals surface area contributed by atoms with Crippen LogP contribution in [0.3, 0.4) is 0 Å². The molecule has 0 N–H and O–H groups in total. The molecule has 0 radical (unpaired) electrons. The maximum Gasteiger partial charge on any atom is 0.0730 e. The molecule has 4 heteroatoms. The van der Waals surface area contributed by atoms with Gasteiger partial charge in [0.15, 0.2) is 0 Å². The van der Waals surface area contributed by atoms with Gasteiger partial charge in [-0.25, -0.2) is 0 Å². The monoisotopic (exact) mass is 207 g/mol. The van der Waals surface area contributed by atoms with Crippen molar-refractivity contribution in [2.45, 2.75) is 18.6 Å². The predicted octanol–water partition coefficient (Wildman–Crippen LogP) is 3.92. The summed E-state index contributed by atoms with van der Waals surface area (Å²) in [5.74, 6) is 0.471. The Balaban J connectivity index is 2.70. The van der Waals surface area contributed by atoms with E-state index in [4.69, 9.17) is 5.53 Å². The van der Waals surface area contributed by atoms with Gasteiger partial charge >= 0.3 is 0 Å². The lowest BCUT2D eigenvalue weighted by atomic mass is 10.0. The zero-order valence-electron chi connectivity index (χ0n) is 8.34. The van der Waals surface area contributed by atoms with E-state index in [0.29, 0.717) is 5.88 Å². The molecule has 0 aromatic heterocycles. The lowest BCUT2D eigenvalue weighted by Crippen LogP contribution is -2.11. The first-order valence-electron chi connectivity index (χ1n) is 4.37. The van der Waals surface area contributed by atoms with Crippen LogP contribution in [0.5, 0.6) is 0 Å². The Bertz CT molecular complexity index is 328. The molecule has 0 atom stereocenters. The lowest BCUT2D eigenvalue weighted by molar-refractivity contribution is 0.782. The second-order valence-electron chi connectivity index (χ2n) is 3.38. The Morgan fingerprint density at radius 3 is 2.57 bits per heavy atom. The molecule has 0 fully saturated rings. The van der Waals surface area contributed by atoms with Crippen molar-refractivity contribution in [2.75, 3.05) is 5.88 Å². The maximum absolute atomic E-state index is 8.18. The van der Waals surface area contributed by atoms with Crippen molar-refractivity contribution in [3.63, 3.8) is 0 Å². The van der Waals surface area contributed by atoms with Gasteiger partial charge in [-0.1, -0.05) is 35.4 Å². The Labute approximate surface area is 88.1 Å². The summed E-state index contributed by atoms with van der Waals surface area (Å²) >= 11 is 1.64. The number of hydrogen-bond acceptors (Lipinski definition) is 2. The van der Waals surface area contributed by atoms with Crippen LogP contribution in [0.25, 0.3) is 10.4 Å². The van der Waals surface area contributed by atoms with Crippen LogP contribution in [-0.4, -0.2) is 5.88 Å². The lowest BCUT2D eigenvalue weighted by Gasteiger charge is -2.23. The van der Waals surface area contributed by atoms with Crippen LogP contribution in [0, 0.1) is 0 Å². The van der Waals surface area contributed by atoms with Crippen molar-refractivity contribution in [1.82, 2.24) is 0 Å². The highest BCUT2D eigenvalue weighted by atomic mass is 32.2. The largest absolute Gasteiger partial charge is 0.145 e. The molecule has 0 saturated carbocycles. The van der Waals surface area contributed by atoms with E-state index in [1.807, 2.05) is 18.2 Å². The van der Waals surface area contributed by atoms with Gasteiger partial charge in [-0.3, -0.25) is 0 Å². The summed E-state index contributed by atoms with van der Waals surface area (Å²) in [7, 11) is 0. The van der Waals surface area contributed by atoms with Crippen LogP contribution in [0.15, 0.2) is 35.4 Å². The average molecular weight is 207 g/mol. The zero-order valence-corrected chi connectivity index (χ0v) is 9.16. The van der Waals surface area contributed by atoms with E-state index in [9.17, 15) is 0 Å². The van der Waals surface area contributed by atoms with Gasteiger partial charge in [-0.2, -0.15) is 0 Å². The van der Waals surface area contributed by atoms with Crippen LogP contribution in [0.2, 0.25) is 0 Å². The van der Waals surface area contributed by atoms with Crippen LogP contribution < -0.4 is 0 Å². The van der Waals surface area contributed by atoms with E-state index in [2.05, 4.69) is 36.0 Å². The molecule has 0 aliphatic rings. The van der Waals surface area contributed by atoms with E-state index >= 15 is 0 Å². The fourth-order valence-corrected chi connectivity index (χ4v) is 1.87. The topological polar surface area (TPSA) is 48.8 Å². The quantitative estimate of drug-likeness (QED) is 0.419. The number of azide groups is 1. The molecule has 0 amide bonds. The summed E-state index contributed by atoms with van der Waals surface area (Å²) < 4.78 is -0.00451. The molecule has 74 valence electrons. The smallest absolute Gasteiger partial charge is 0.0730 e. The highest BCUT2D eigenvalue weighted by Gasteiger charge is 2.19. The summed E-state index contributed by atoms with van der Waals surface area (Å²) in [5.41, 5.74) is 9.43. The van der Waals surface area contributed by atoms with E-state index in [1.54, 1.807) is 11.8 Å². The van der Waals surface area contributed by atoms with E-state index in [0.717, 1.165) is 0 Å². The molecule has 0 saturated heterocycles. The molecule has 1 aromatic carbocycles. The molecule has 14 heavy (non-hydrogen) atoms. The number of thioether (sulfide) groups is 1. The molecule has 0 spiro atoms. The van der Waals surface area contributed by atoms with Crippen molar-refractivity contribution in [2.24, 2.45) is 5.11 Å². The summed E-state index contributed by atoms with van der Waals surface area (Å²) in [4.78, 5) is 2.74. The molecule has 0 bridgehead atoms. The van der Waals surface area contributed by atoms with Gasteiger partial charge in [0.05, 0.1) is 5.88 Å². The first-order chi connectivity index (χ1) is 6.67. The average Bonchev–Trinajstić information content (AvgIpc) is 2.19. The molecular formula is C10H13N3S. The van der Waals surface area contributed by atoms with Gasteiger partial charge in [-0.05, 0) is 24.9 Å². The summed E-state index contributed by atoms with van der Waals surface area (Å²) in [6.45, 7) is 4.25. The molecule has 3 nitrogen and oxygen atoms in total. The normalized spacial score (nSPS) is 10.7. The Kier molecular flexibility index (Phi) is 3.86. The van der Waals surface area contributed by atoms with E-state index < -0.39 is 0 Å². The van der Waals surface area contributed by atoms with Crippen LogP contribution in [-0.2, 0) is 4.75 Å². The van der Waals surface area contributed by atoms with E-state index in [1.165, 1.54) is 5.56 Å². The van der Waals surface area contributed by atoms with Gasteiger partial charge < -0.3 is 0 Å². The number of hydrogen-bond donors (Lipinski definition) is 0. The van der Waals surface area contributed by atoms with Gasteiger partial charge in [0.2, 0.25) is 0 Å². The third-order valence-corrected chi connectivity index (χ3v) is 3.22. The van der Waals surface area contributed by atoms with Gasteiger partial charge in [0.25, 0.3) is 0 Å². The fourth-order valence-electron chi connectivity index (χ4n) is 1.14. The standard InChI is InChI=1S/C10H13N3S/c1-10(2,14-8-12-13-11)9-6-4-3-5-7-9/h3-7H,8H2,1-2H3. The molecule has 0 heterocycles. The summed E-state index contributed by atoms with van der Waals surface area (Å²) in [5, 5.41) is 3.53. The number of benzene rings is 1. The molecular weight excluding hydrogens is 194 g/mol. The van der Waals surface area contributed by atoms with Crippen molar-refractivity contribution < 1.29 is 0 Å². The second-order valence-corrected chi connectivity index (χ2v) is 4.95. The van der Waals surface area contributed by atoms with Gasteiger partial charge in [0, 0.05) is 9.66 Å². The van der Waals surface area contributed by atoms with E-state index in [-0.39, 0.29) is 4.75 Å². The van der Waals surface area contributed by atoms with Crippen molar-refractivity contribution >= 4 is 11.8 Å². The van der Waals surface area contributed by atoms with Crippen LogP contribution in [0.1, 0.15) is 19.4 Å². The fraction of sp³-hybridized carbons (Fsp3) is 0.400. The Morgan fingerprint density at radius 1 is 1.36 bits per heavy atom. The maximum atomic E-state index is 8.18. The SMILES string of the molecule is CC(C)(SCN=[N+]=[N-])c1ccccc1. The molecule has 0 aliphatic heterocycles. The summed E-state index contributed by atoms with van der Waals surface area (Å²) in [6, 6.07) is 10.2. The third kappa shape index (κ3) is 2.98. The molecule has 0 aliphatic carbocycles. The minimum atomic E-state index is -0.00451. The van der Waals surface area contributed by atoms with Crippen LogP contribution in [0.4, 0.5) is 0 Å². The second kappa shape index (κ2) is 4.94. The zero-order chi connectivity index (χ0) is 10.4. The molecule has 1 rings (SSSR count). The molecule has 1 aromatic rings. The van der Waals surface area contributed by atoms with Crippen molar-refractivity contribution in [3.8, 4) is 0 Å². The Morgan fingerprint density at radius 2 is 2.00 bits per heavy atom.